The topological polar surface area (TPSA) is 93.5 Å². The number of benzene rings is 1. The zero-order valence-corrected chi connectivity index (χ0v) is 9.61. The van der Waals surface area contributed by atoms with Crippen molar-refractivity contribution in [2.45, 2.75) is 0 Å². The normalized spacial score (nSPS) is 9.24. The van der Waals surface area contributed by atoms with Crippen LogP contribution in [0, 0.1) is 10.1 Å². The molecule has 0 bridgehead atoms. The van der Waals surface area contributed by atoms with E-state index in [1.54, 1.807) is 6.07 Å². The van der Waals surface area contributed by atoms with Gasteiger partial charge < -0.3 is 10.1 Å². The highest BCUT2D eigenvalue weighted by atomic mass is 32.1. The predicted octanol–water partition coefficient (Wildman–Crippen LogP) is 1.65. The number of thiocarbonyl (C=S) groups is 1. The second-order valence-corrected chi connectivity index (χ2v) is 3.29. The van der Waals surface area contributed by atoms with E-state index in [0.29, 0.717) is 5.69 Å². The van der Waals surface area contributed by atoms with E-state index in [4.69, 9.17) is 12.2 Å². The Kier molecular flexibility index (Phi) is 4.35. The van der Waals surface area contributed by atoms with Crippen LogP contribution in [-0.2, 0) is 4.74 Å². The molecule has 1 aromatic rings. The van der Waals surface area contributed by atoms with Gasteiger partial charge in [-0.05, 0) is 18.3 Å². The summed E-state index contributed by atoms with van der Waals surface area (Å²) in [4.78, 5) is 20.8. The van der Waals surface area contributed by atoms with Crippen molar-refractivity contribution in [1.82, 2.24) is 5.32 Å². The van der Waals surface area contributed by atoms with Crippen LogP contribution in [0.2, 0.25) is 0 Å². The van der Waals surface area contributed by atoms with Crippen LogP contribution >= 0.6 is 12.2 Å². The standard InChI is InChI=1S/C9H9N3O4S/c1-16-9(13)11-8(17)10-6-3-2-4-7(5-6)12(14)15/h2-5H,1H3,(H2,10,11,13,17). The molecule has 0 heterocycles. The fourth-order valence-corrected chi connectivity index (χ4v) is 1.20. The fourth-order valence-electron chi connectivity index (χ4n) is 1.00. The number of hydrogen-bond acceptors (Lipinski definition) is 5. The van der Waals surface area contributed by atoms with E-state index in [1.807, 2.05) is 0 Å². The van der Waals surface area contributed by atoms with Gasteiger partial charge in [-0.15, -0.1) is 0 Å². The number of anilines is 1. The highest BCUT2D eigenvalue weighted by Gasteiger charge is 2.07. The Labute approximate surface area is 102 Å². The summed E-state index contributed by atoms with van der Waals surface area (Å²) < 4.78 is 4.33. The lowest BCUT2D eigenvalue weighted by molar-refractivity contribution is -0.384. The van der Waals surface area contributed by atoms with Gasteiger partial charge in [0.25, 0.3) is 5.69 Å². The van der Waals surface area contributed by atoms with Crippen molar-refractivity contribution in [3.63, 3.8) is 0 Å². The molecule has 0 saturated carbocycles. The van der Waals surface area contributed by atoms with Crippen LogP contribution in [0.3, 0.4) is 0 Å². The van der Waals surface area contributed by atoms with E-state index in [2.05, 4.69) is 15.4 Å². The Morgan fingerprint density at radius 3 is 2.82 bits per heavy atom. The van der Waals surface area contributed by atoms with E-state index >= 15 is 0 Å². The molecule has 0 aromatic heterocycles. The third kappa shape index (κ3) is 4.03. The summed E-state index contributed by atoms with van der Waals surface area (Å²) in [5.41, 5.74) is 0.330. The van der Waals surface area contributed by atoms with Gasteiger partial charge in [-0.1, -0.05) is 6.07 Å². The van der Waals surface area contributed by atoms with Gasteiger partial charge in [0.2, 0.25) is 0 Å². The van der Waals surface area contributed by atoms with Crippen LogP contribution in [0.1, 0.15) is 0 Å². The number of nitro groups is 1. The maximum Gasteiger partial charge on any atom is 0.413 e. The number of nitrogens with one attached hydrogen (secondary N) is 2. The van der Waals surface area contributed by atoms with Crippen molar-refractivity contribution in [3.05, 3.63) is 34.4 Å². The minimum atomic E-state index is -0.715. The Bertz CT molecular complexity index is 463. The van der Waals surface area contributed by atoms with Crippen LogP contribution in [0.4, 0.5) is 16.2 Å². The zero-order valence-electron chi connectivity index (χ0n) is 8.80. The van der Waals surface area contributed by atoms with Gasteiger partial charge in [0.05, 0.1) is 12.0 Å². The van der Waals surface area contributed by atoms with Crippen molar-refractivity contribution in [2.75, 3.05) is 12.4 Å². The van der Waals surface area contributed by atoms with Gasteiger partial charge in [0, 0.05) is 17.8 Å². The number of carbonyl (C=O) groups excluding carboxylic acids is 1. The molecule has 0 saturated heterocycles. The number of carbonyl (C=O) groups is 1. The van der Waals surface area contributed by atoms with E-state index < -0.39 is 11.0 Å². The maximum atomic E-state index is 10.8. The number of nitrogens with zero attached hydrogens (tertiary/aromatic N) is 1. The van der Waals surface area contributed by atoms with E-state index in [-0.39, 0.29) is 10.8 Å². The average molecular weight is 255 g/mol. The van der Waals surface area contributed by atoms with Crippen LogP contribution in [0.15, 0.2) is 24.3 Å². The van der Waals surface area contributed by atoms with Gasteiger partial charge in [-0.25, -0.2) is 4.79 Å². The number of non-ortho nitro benzene ring substituents is 1. The Hall–Kier alpha value is -2.22. The Balaban J connectivity index is 2.68. The molecule has 2 N–H and O–H groups in total. The third-order valence-electron chi connectivity index (χ3n) is 1.72. The van der Waals surface area contributed by atoms with Crippen LogP contribution in [0.5, 0.6) is 0 Å². The fraction of sp³-hybridized carbons (Fsp3) is 0.111. The highest BCUT2D eigenvalue weighted by Crippen LogP contribution is 2.16. The molecule has 0 atom stereocenters. The summed E-state index contributed by atoms with van der Waals surface area (Å²) in [6.45, 7) is 0. The molecule has 0 aliphatic rings. The summed E-state index contributed by atoms with van der Waals surface area (Å²) in [5.74, 6) is 0. The van der Waals surface area contributed by atoms with Gasteiger partial charge in [0.1, 0.15) is 0 Å². The molecule has 1 rings (SSSR count). The summed E-state index contributed by atoms with van der Waals surface area (Å²) in [6.07, 6.45) is -0.715. The number of hydrogen-bond donors (Lipinski definition) is 2. The average Bonchev–Trinajstić information content (AvgIpc) is 2.28. The molecular formula is C9H9N3O4S. The van der Waals surface area contributed by atoms with Crippen molar-refractivity contribution < 1.29 is 14.5 Å². The number of rotatable bonds is 2. The number of ether oxygens (including phenoxy) is 1. The van der Waals surface area contributed by atoms with Gasteiger partial charge in [-0.2, -0.15) is 0 Å². The van der Waals surface area contributed by atoms with Crippen molar-refractivity contribution in [1.29, 1.82) is 0 Å². The first-order valence-electron chi connectivity index (χ1n) is 4.43. The summed E-state index contributed by atoms with van der Waals surface area (Å²) >= 11 is 4.79. The molecule has 0 aliphatic carbocycles. The quantitative estimate of drug-likeness (QED) is 0.474. The lowest BCUT2D eigenvalue weighted by Crippen LogP contribution is -2.33. The molecule has 0 unspecified atom stereocenters. The van der Waals surface area contributed by atoms with Crippen molar-refractivity contribution >= 4 is 34.8 Å². The largest absolute Gasteiger partial charge is 0.453 e. The molecule has 17 heavy (non-hydrogen) atoms. The smallest absolute Gasteiger partial charge is 0.413 e. The second-order valence-electron chi connectivity index (χ2n) is 2.88. The number of amides is 1. The molecule has 1 aromatic carbocycles. The molecule has 8 heteroatoms. The monoisotopic (exact) mass is 255 g/mol. The van der Waals surface area contributed by atoms with E-state index in [0.717, 1.165) is 0 Å². The highest BCUT2D eigenvalue weighted by molar-refractivity contribution is 7.80. The lowest BCUT2D eigenvalue weighted by Gasteiger charge is -2.07. The maximum absolute atomic E-state index is 10.8. The molecule has 0 radical (unpaired) electrons. The SMILES string of the molecule is COC(=O)NC(=S)Nc1cccc([N+](=O)[O-])c1. The van der Waals surface area contributed by atoms with E-state index in [9.17, 15) is 14.9 Å². The predicted molar refractivity (Wildman–Crippen MR) is 64.9 cm³/mol. The number of alkyl carbamates (subject to hydrolysis) is 1. The van der Waals surface area contributed by atoms with Crippen molar-refractivity contribution in [2.24, 2.45) is 0 Å². The lowest BCUT2D eigenvalue weighted by atomic mass is 10.3. The summed E-state index contributed by atoms with van der Waals surface area (Å²) in [7, 11) is 1.20. The zero-order chi connectivity index (χ0) is 12.8. The Morgan fingerprint density at radius 1 is 1.53 bits per heavy atom. The summed E-state index contributed by atoms with van der Waals surface area (Å²) in [6, 6.07) is 5.73. The third-order valence-corrected chi connectivity index (χ3v) is 1.92. The first kappa shape index (κ1) is 12.8. The number of methoxy groups -OCH3 is 1. The molecular weight excluding hydrogens is 246 g/mol. The molecule has 7 nitrogen and oxygen atoms in total. The van der Waals surface area contributed by atoms with Crippen molar-refractivity contribution in [3.8, 4) is 0 Å². The first-order chi connectivity index (χ1) is 8.02. The minimum absolute atomic E-state index is 0.00246. The van der Waals surface area contributed by atoms with Gasteiger partial charge in [0.15, 0.2) is 5.11 Å². The number of nitro benzene ring substituents is 1. The van der Waals surface area contributed by atoms with Crippen LogP contribution < -0.4 is 10.6 Å². The van der Waals surface area contributed by atoms with Gasteiger partial charge >= 0.3 is 6.09 Å². The van der Waals surface area contributed by atoms with E-state index in [1.165, 1.54) is 25.3 Å². The Morgan fingerprint density at radius 2 is 2.24 bits per heavy atom. The molecule has 1 amide bonds. The molecule has 0 aliphatic heterocycles. The van der Waals surface area contributed by atoms with Crippen LogP contribution in [0.25, 0.3) is 0 Å². The van der Waals surface area contributed by atoms with Gasteiger partial charge in [-0.3, -0.25) is 15.4 Å². The molecule has 90 valence electrons. The second kappa shape index (κ2) is 5.75. The molecule has 0 fully saturated rings. The molecule has 0 spiro atoms. The summed E-state index contributed by atoms with van der Waals surface area (Å²) in [5, 5.41) is 15.3. The van der Waals surface area contributed by atoms with Crippen LogP contribution in [-0.4, -0.2) is 23.2 Å². The first-order valence-corrected chi connectivity index (χ1v) is 4.84. The minimum Gasteiger partial charge on any atom is -0.453 e.